The van der Waals surface area contributed by atoms with Crippen LogP contribution in [0.2, 0.25) is 0 Å². The van der Waals surface area contributed by atoms with Gasteiger partial charge >= 0.3 is 5.97 Å². The van der Waals surface area contributed by atoms with E-state index in [2.05, 4.69) is 10.3 Å². The number of benzene rings is 2. The van der Waals surface area contributed by atoms with Gasteiger partial charge in [0.1, 0.15) is 29.0 Å². The monoisotopic (exact) mass is 505 g/mol. The van der Waals surface area contributed by atoms with Gasteiger partial charge in [0.25, 0.3) is 5.91 Å². The lowest BCUT2D eigenvalue weighted by Gasteiger charge is -2.16. The smallest absolute Gasteiger partial charge is 0.338 e. The van der Waals surface area contributed by atoms with Crippen molar-refractivity contribution < 1.29 is 37.4 Å². The Morgan fingerprint density at radius 2 is 1.95 bits per heavy atom. The van der Waals surface area contributed by atoms with Gasteiger partial charge in [-0.2, -0.15) is 5.26 Å². The van der Waals surface area contributed by atoms with Crippen LogP contribution >= 0.6 is 0 Å². The molecular formula is C26H17F2N3O6. The first-order valence-electron chi connectivity index (χ1n) is 10.6. The van der Waals surface area contributed by atoms with E-state index in [4.69, 9.17) is 13.9 Å². The zero-order valence-electron chi connectivity index (χ0n) is 19.1. The molecule has 2 N–H and O–H groups in total. The van der Waals surface area contributed by atoms with Crippen LogP contribution in [0.15, 0.2) is 65.3 Å². The number of aromatic nitrogens is 1. The molecule has 0 aliphatic carbocycles. The fourth-order valence-electron chi connectivity index (χ4n) is 3.50. The first-order chi connectivity index (χ1) is 17.8. The number of hydrogen-bond donors (Lipinski definition) is 2. The first kappa shape index (κ1) is 25.0. The third-order valence-corrected chi connectivity index (χ3v) is 5.17. The largest absolute Gasteiger partial charge is 0.478 e. The number of carboxylic acids is 1. The molecule has 0 atom stereocenters. The molecule has 4 aromatic rings. The fraction of sp³-hybridized carbons (Fsp3) is 0.0769. The van der Waals surface area contributed by atoms with Crippen molar-refractivity contribution in [3.05, 3.63) is 89.4 Å². The van der Waals surface area contributed by atoms with E-state index in [1.807, 2.05) is 6.07 Å². The lowest BCUT2D eigenvalue weighted by atomic mass is 9.96. The Bertz CT molecular complexity index is 1530. The van der Waals surface area contributed by atoms with Crippen molar-refractivity contribution >= 4 is 17.7 Å². The molecule has 0 saturated carbocycles. The molecular weight excluding hydrogens is 488 g/mol. The van der Waals surface area contributed by atoms with Crippen molar-refractivity contribution in [3.8, 4) is 34.2 Å². The number of nitrogens with one attached hydrogen (secondary N) is 1. The van der Waals surface area contributed by atoms with Crippen LogP contribution < -0.4 is 10.1 Å². The van der Waals surface area contributed by atoms with E-state index in [0.717, 1.165) is 24.3 Å². The summed E-state index contributed by atoms with van der Waals surface area (Å²) in [7, 11) is 1.38. The molecule has 0 saturated heterocycles. The second-order valence-corrected chi connectivity index (χ2v) is 7.51. The predicted octanol–water partition coefficient (Wildman–Crippen LogP) is 5.09. The van der Waals surface area contributed by atoms with E-state index >= 15 is 0 Å². The molecule has 2 heterocycles. The molecule has 0 fully saturated rings. The molecule has 0 aliphatic heterocycles. The van der Waals surface area contributed by atoms with Crippen LogP contribution in [0, 0.1) is 23.0 Å². The van der Waals surface area contributed by atoms with Crippen molar-refractivity contribution in [2.75, 3.05) is 19.2 Å². The number of aromatic carboxylic acids is 1. The molecule has 0 bridgehead atoms. The fourth-order valence-corrected chi connectivity index (χ4v) is 3.50. The average Bonchev–Trinajstić information content (AvgIpc) is 3.42. The van der Waals surface area contributed by atoms with Crippen LogP contribution in [0.5, 0.6) is 5.75 Å². The molecule has 0 unspecified atom stereocenters. The summed E-state index contributed by atoms with van der Waals surface area (Å²) in [5, 5.41) is 21.8. The summed E-state index contributed by atoms with van der Waals surface area (Å²) < 4.78 is 43.5. The molecule has 2 aromatic heterocycles. The minimum absolute atomic E-state index is 0.0543. The Balaban J connectivity index is 1.96. The van der Waals surface area contributed by atoms with Crippen LogP contribution in [0.4, 0.5) is 14.6 Å². The standard InChI is InChI=1S/C26H17F2N3O6/c1-35-13-37-23-10-15(27)5-6-16(23)21-11-17(14-4-7-20(28)18(9-14)26(33)34)19(12-29)24(30-21)31-25(32)22-3-2-8-36-22/h2-11H,13H2,1H3,(H,33,34)(H,30,31,32). The molecule has 2 aromatic carbocycles. The number of hydrogen-bond acceptors (Lipinski definition) is 7. The van der Waals surface area contributed by atoms with Crippen molar-refractivity contribution in [1.82, 2.24) is 4.98 Å². The molecule has 0 spiro atoms. The third-order valence-electron chi connectivity index (χ3n) is 5.17. The number of halogens is 2. The molecule has 0 radical (unpaired) electrons. The molecule has 37 heavy (non-hydrogen) atoms. The summed E-state index contributed by atoms with van der Waals surface area (Å²) in [6.07, 6.45) is 1.29. The Kier molecular flexibility index (Phi) is 7.22. The molecule has 11 heteroatoms. The summed E-state index contributed by atoms with van der Waals surface area (Å²) in [5.74, 6) is -3.98. The Morgan fingerprint density at radius 3 is 2.62 bits per heavy atom. The minimum Gasteiger partial charge on any atom is -0.478 e. The van der Waals surface area contributed by atoms with E-state index in [1.54, 1.807) is 0 Å². The third kappa shape index (κ3) is 5.29. The first-order valence-corrected chi connectivity index (χ1v) is 10.6. The summed E-state index contributed by atoms with van der Waals surface area (Å²) in [6.45, 7) is -0.207. The normalized spacial score (nSPS) is 10.5. The van der Waals surface area contributed by atoms with E-state index in [9.17, 15) is 28.7 Å². The molecule has 1 amide bonds. The van der Waals surface area contributed by atoms with Crippen molar-refractivity contribution in [3.63, 3.8) is 0 Å². The number of pyridine rings is 1. The minimum atomic E-state index is -1.51. The number of carboxylic acid groups (broad SMARTS) is 1. The average molecular weight is 505 g/mol. The summed E-state index contributed by atoms with van der Waals surface area (Å²) in [4.78, 5) is 28.6. The number of ether oxygens (including phenoxy) is 2. The van der Waals surface area contributed by atoms with E-state index < -0.39 is 29.1 Å². The summed E-state index contributed by atoms with van der Waals surface area (Å²) in [5.41, 5.74) is -0.0464. The topological polar surface area (TPSA) is 135 Å². The van der Waals surface area contributed by atoms with Crippen molar-refractivity contribution in [2.45, 2.75) is 0 Å². The van der Waals surface area contributed by atoms with Gasteiger partial charge in [-0.3, -0.25) is 4.79 Å². The van der Waals surface area contributed by atoms with Gasteiger partial charge in [-0.1, -0.05) is 6.07 Å². The highest BCUT2D eigenvalue weighted by Gasteiger charge is 2.22. The SMILES string of the molecule is COCOc1cc(F)ccc1-c1cc(-c2ccc(F)c(C(=O)O)c2)c(C#N)c(NC(=O)c2ccco2)n1. The van der Waals surface area contributed by atoms with E-state index in [-0.39, 0.29) is 52.1 Å². The van der Waals surface area contributed by atoms with Gasteiger partial charge in [-0.25, -0.2) is 18.6 Å². The number of methoxy groups -OCH3 is 1. The Morgan fingerprint density at radius 1 is 1.14 bits per heavy atom. The maximum Gasteiger partial charge on any atom is 0.338 e. The zero-order valence-corrected chi connectivity index (χ0v) is 19.1. The van der Waals surface area contributed by atoms with Gasteiger partial charge in [-0.05, 0) is 48.0 Å². The highest BCUT2D eigenvalue weighted by atomic mass is 19.1. The number of nitrogens with zero attached hydrogens (tertiary/aromatic N) is 2. The number of carbonyl (C=O) groups excluding carboxylic acids is 1. The predicted molar refractivity (Wildman–Crippen MR) is 126 cm³/mol. The van der Waals surface area contributed by atoms with Crippen molar-refractivity contribution in [1.29, 1.82) is 5.26 Å². The number of carbonyl (C=O) groups is 2. The molecule has 186 valence electrons. The Hall–Kier alpha value is -5.08. The number of furan rings is 1. The van der Waals surface area contributed by atoms with Crippen LogP contribution in [-0.2, 0) is 4.74 Å². The quantitative estimate of drug-likeness (QED) is 0.316. The van der Waals surface area contributed by atoms with E-state index in [1.165, 1.54) is 43.7 Å². The lowest BCUT2D eigenvalue weighted by molar-refractivity contribution is 0.0513. The summed E-state index contributed by atoms with van der Waals surface area (Å²) in [6, 6.07) is 13.2. The maximum absolute atomic E-state index is 14.1. The number of amides is 1. The molecule has 9 nitrogen and oxygen atoms in total. The number of rotatable bonds is 8. The van der Waals surface area contributed by atoms with Crippen LogP contribution in [-0.4, -0.2) is 35.9 Å². The molecule has 0 aliphatic rings. The number of nitriles is 1. The summed E-state index contributed by atoms with van der Waals surface area (Å²) >= 11 is 0. The van der Waals surface area contributed by atoms with Crippen LogP contribution in [0.25, 0.3) is 22.4 Å². The van der Waals surface area contributed by atoms with Gasteiger partial charge < -0.3 is 24.3 Å². The zero-order chi connectivity index (χ0) is 26.5. The maximum atomic E-state index is 14.1. The van der Waals surface area contributed by atoms with Crippen LogP contribution in [0.1, 0.15) is 26.5 Å². The van der Waals surface area contributed by atoms with Gasteiger partial charge in [0, 0.05) is 24.3 Å². The second kappa shape index (κ2) is 10.7. The second-order valence-electron chi connectivity index (χ2n) is 7.51. The van der Waals surface area contributed by atoms with Crippen LogP contribution in [0.3, 0.4) is 0 Å². The van der Waals surface area contributed by atoms with Gasteiger partial charge in [0.2, 0.25) is 0 Å². The highest BCUT2D eigenvalue weighted by molar-refractivity contribution is 6.03. The Labute approximate surface area is 208 Å². The highest BCUT2D eigenvalue weighted by Crippen LogP contribution is 2.37. The van der Waals surface area contributed by atoms with Gasteiger partial charge in [0.15, 0.2) is 18.4 Å². The van der Waals surface area contributed by atoms with Gasteiger partial charge in [0.05, 0.1) is 17.5 Å². The van der Waals surface area contributed by atoms with Crippen molar-refractivity contribution in [2.24, 2.45) is 0 Å². The number of anilines is 1. The van der Waals surface area contributed by atoms with Gasteiger partial charge in [-0.15, -0.1) is 0 Å². The molecule has 4 rings (SSSR count). The van der Waals surface area contributed by atoms with E-state index in [0.29, 0.717) is 0 Å². The lowest BCUT2D eigenvalue weighted by Crippen LogP contribution is -2.14.